The maximum absolute atomic E-state index is 12.7. The Bertz CT molecular complexity index is 1290. The van der Waals surface area contributed by atoms with Gasteiger partial charge in [-0.3, -0.25) is 0 Å². The lowest BCUT2D eigenvalue weighted by Crippen LogP contribution is -2.60. The summed E-state index contributed by atoms with van der Waals surface area (Å²) in [7, 11) is 0. The molecular formula is C30H38O16. The summed E-state index contributed by atoms with van der Waals surface area (Å²) in [5, 5.41) is 81.2. The van der Waals surface area contributed by atoms with E-state index in [1.165, 1.54) is 37.5 Å². The van der Waals surface area contributed by atoms with Crippen molar-refractivity contribution in [1.29, 1.82) is 0 Å². The van der Waals surface area contributed by atoms with Crippen LogP contribution >= 0.6 is 0 Å². The highest BCUT2D eigenvalue weighted by atomic mass is 16.8. The number of fused-ring (bicyclic) bond motifs is 3. The molecule has 1 aromatic rings. The van der Waals surface area contributed by atoms with Gasteiger partial charge in [0.25, 0.3) is 0 Å². The first-order chi connectivity index (χ1) is 21.9. The minimum Gasteiger partial charge on any atom is -0.508 e. The van der Waals surface area contributed by atoms with Crippen molar-refractivity contribution in [2.75, 3.05) is 13.2 Å². The van der Waals surface area contributed by atoms with E-state index in [4.69, 9.17) is 33.2 Å². The molecule has 46 heavy (non-hydrogen) atoms. The fourth-order valence-electron chi connectivity index (χ4n) is 6.55. The van der Waals surface area contributed by atoms with E-state index < -0.39 is 110 Å². The van der Waals surface area contributed by atoms with Crippen LogP contribution in [0.2, 0.25) is 0 Å². The molecule has 4 aliphatic heterocycles. The summed E-state index contributed by atoms with van der Waals surface area (Å²) < 4.78 is 40.7. The summed E-state index contributed by atoms with van der Waals surface area (Å²) in [6, 6.07) is 6.13. The molecular weight excluding hydrogens is 616 g/mol. The van der Waals surface area contributed by atoms with Crippen LogP contribution in [-0.4, -0.2) is 146 Å². The van der Waals surface area contributed by atoms with E-state index >= 15 is 0 Å². The van der Waals surface area contributed by atoms with Crippen molar-refractivity contribution in [3.63, 3.8) is 0 Å². The number of aromatic hydroxyl groups is 1. The Balaban J connectivity index is 1.22. The van der Waals surface area contributed by atoms with Crippen molar-refractivity contribution in [3.05, 3.63) is 48.2 Å². The van der Waals surface area contributed by atoms with Gasteiger partial charge in [-0.25, -0.2) is 4.79 Å². The SMILES string of the molecule is C[C@H]1O[C@@H](O[C@H]2C3C=COC(O[C@@H]4O[C@H](CO)[C@@H](O)[C@H](O)[C@H]4O)C3[C@@]3(COC(=O)/C=C/c4ccc(O)cc4)O[C@@H]23)[C@@H](O)[C@H](O)[C@H]1O. The van der Waals surface area contributed by atoms with Crippen LogP contribution in [0.4, 0.5) is 0 Å². The molecule has 5 aliphatic rings. The summed E-state index contributed by atoms with van der Waals surface area (Å²) in [5.74, 6) is -2.04. The molecule has 3 saturated heterocycles. The first kappa shape index (κ1) is 33.2. The van der Waals surface area contributed by atoms with Crippen LogP contribution in [0.3, 0.4) is 0 Å². The third kappa shape index (κ3) is 6.05. The van der Waals surface area contributed by atoms with Crippen molar-refractivity contribution in [1.82, 2.24) is 0 Å². The summed E-state index contributed by atoms with van der Waals surface area (Å²) in [6.07, 6.45) is -11.8. The molecule has 6 rings (SSSR count). The number of hydrogen-bond acceptors (Lipinski definition) is 16. The zero-order valence-corrected chi connectivity index (χ0v) is 24.5. The number of carbonyl (C=O) groups excluding carboxylic acids is 1. The van der Waals surface area contributed by atoms with Crippen molar-refractivity contribution in [3.8, 4) is 5.75 Å². The zero-order chi connectivity index (χ0) is 32.9. The van der Waals surface area contributed by atoms with E-state index in [1.807, 2.05) is 0 Å². The first-order valence-corrected chi connectivity index (χ1v) is 14.9. The Hall–Kier alpha value is -2.71. The molecule has 1 aliphatic carbocycles. The molecule has 16 nitrogen and oxygen atoms in total. The van der Waals surface area contributed by atoms with Gasteiger partial charge in [0.05, 0.1) is 31.0 Å². The quantitative estimate of drug-likeness (QED) is 0.0763. The van der Waals surface area contributed by atoms with Gasteiger partial charge in [0, 0.05) is 12.0 Å². The summed E-state index contributed by atoms with van der Waals surface area (Å²) in [5.41, 5.74) is -0.640. The molecule has 0 amide bonds. The molecule has 0 radical (unpaired) electrons. The standard InChI is InChI=1S/C30H38O16/c1-12-19(34)21(36)23(38)28(42-12)44-25-15-8-9-40-27(45-29-24(39)22(37)20(35)16(10-31)43-29)18(15)30(26(25)46-30)11-41-17(33)7-4-13-2-5-14(32)6-3-13/h2-9,12,15-16,18-29,31-32,34-39H,10-11H2,1H3/b7-4+/t12-,15?,16-,18?,19+,20-,21-,22+,23+,24-,25+,26+,27?,28+,29+,30-/m1/s1. The minimum absolute atomic E-state index is 0.0684. The minimum atomic E-state index is -1.73. The number of epoxide rings is 1. The predicted octanol–water partition coefficient (Wildman–Crippen LogP) is -2.77. The van der Waals surface area contributed by atoms with Gasteiger partial charge in [0.15, 0.2) is 12.6 Å². The van der Waals surface area contributed by atoms with Crippen molar-refractivity contribution in [2.24, 2.45) is 11.8 Å². The highest BCUT2D eigenvalue weighted by Crippen LogP contribution is 2.61. The number of phenols is 1. The number of aliphatic hydroxyl groups is 7. The number of benzene rings is 1. The second-order valence-electron chi connectivity index (χ2n) is 12.1. The van der Waals surface area contributed by atoms with E-state index in [1.54, 1.807) is 18.2 Å². The maximum atomic E-state index is 12.7. The Kier molecular flexibility index (Phi) is 9.43. The number of ether oxygens (including phenoxy) is 7. The molecule has 0 aromatic heterocycles. The van der Waals surface area contributed by atoms with Crippen molar-refractivity contribution < 1.29 is 78.8 Å². The molecule has 16 atom stereocenters. The van der Waals surface area contributed by atoms with Crippen LogP contribution in [-0.2, 0) is 38.0 Å². The number of carbonyl (C=O) groups is 1. The second-order valence-corrected chi connectivity index (χ2v) is 12.1. The number of rotatable bonds is 9. The van der Waals surface area contributed by atoms with Gasteiger partial charge in [0.1, 0.15) is 66.8 Å². The van der Waals surface area contributed by atoms with Gasteiger partial charge >= 0.3 is 5.97 Å². The van der Waals surface area contributed by atoms with Gasteiger partial charge in [-0.15, -0.1) is 0 Å². The highest BCUT2D eigenvalue weighted by Gasteiger charge is 2.77. The summed E-state index contributed by atoms with van der Waals surface area (Å²) >= 11 is 0. The fraction of sp³-hybridized carbons (Fsp3) is 0.633. The first-order valence-electron chi connectivity index (χ1n) is 14.9. The van der Waals surface area contributed by atoms with Crippen molar-refractivity contribution in [2.45, 2.75) is 92.4 Å². The lowest BCUT2D eigenvalue weighted by Gasteiger charge is -2.44. The van der Waals surface area contributed by atoms with Gasteiger partial charge in [0.2, 0.25) is 6.29 Å². The van der Waals surface area contributed by atoms with E-state index in [9.17, 15) is 45.6 Å². The highest BCUT2D eigenvalue weighted by molar-refractivity contribution is 5.87. The number of aliphatic hydroxyl groups excluding tert-OH is 7. The van der Waals surface area contributed by atoms with E-state index in [2.05, 4.69) is 0 Å². The number of hydrogen-bond donors (Lipinski definition) is 8. The molecule has 1 saturated carbocycles. The topological polar surface area (TPSA) is 247 Å². The maximum Gasteiger partial charge on any atom is 0.330 e. The van der Waals surface area contributed by atoms with Gasteiger partial charge in [-0.05, 0) is 36.8 Å². The van der Waals surface area contributed by atoms with Crippen LogP contribution in [0.15, 0.2) is 42.7 Å². The van der Waals surface area contributed by atoms with Crippen molar-refractivity contribution >= 4 is 12.0 Å². The average Bonchev–Trinajstić information content (AvgIpc) is 3.72. The third-order valence-corrected chi connectivity index (χ3v) is 9.20. The Morgan fingerprint density at radius 2 is 1.57 bits per heavy atom. The van der Waals surface area contributed by atoms with Gasteiger partial charge < -0.3 is 74.0 Å². The van der Waals surface area contributed by atoms with Crippen LogP contribution < -0.4 is 0 Å². The van der Waals surface area contributed by atoms with E-state index in [0.29, 0.717) is 5.56 Å². The molecule has 8 N–H and O–H groups in total. The lowest BCUT2D eigenvalue weighted by atomic mass is 9.85. The summed E-state index contributed by atoms with van der Waals surface area (Å²) in [6.45, 7) is 0.522. The Morgan fingerprint density at radius 3 is 2.26 bits per heavy atom. The Morgan fingerprint density at radius 1 is 0.891 bits per heavy atom. The van der Waals surface area contributed by atoms with Gasteiger partial charge in [-0.1, -0.05) is 12.1 Å². The van der Waals surface area contributed by atoms with Crippen LogP contribution in [0, 0.1) is 11.8 Å². The average molecular weight is 655 g/mol. The van der Waals surface area contributed by atoms with Crippen LogP contribution in [0.25, 0.3) is 6.08 Å². The van der Waals surface area contributed by atoms with E-state index in [-0.39, 0.29) is 12.4 Å². The normalized spacial score (nSPS) is 46.4. The van der Waals surface area contributed by atoms with Crippen LogP contribution in [0.5, 0.6) is 5.75 Å². The molecule has 1 aromatic carbocycles. The monoisotopic (exact) mass is 654 g/mol. The smallest absolute Gasteiger partial charge is 0.330 e. The Labute approximate surface area is 262 Å². The molecule has 3 unspecified atom stereocenters. The molecule has 254 valence electrons. The zero-order valence-electron chi connectivity index (χ0n) is 24.5. The van der Waals surface area contributed by atoms with Crippen LogP contribution in [0.1, 0.15) is 12.5 Å². The lowest BCUT2D eigenvalue weighted by molar-refractivity contribution is -0.347. The van der Waals surface area contributed by atoms with Gasteiger partial charge in [-0.2, -0.15) is 0 Å². The largest absolute Gasteiger partial charge is 0.508 e. The number of esters is 1. The predicted molar refractivity (Wildman–Crippen MR) is 149 cm³/mol. The molecule has 16 heteroatoms. The second kappa shape index (κ2) is 13.1. The summed E-state index contributed by atoms with van der Waals surface area (Å²) in [4.78, 5) is 12.7. The molecule has 0 bridgehead atoms. The molecule has 4 fully saturated rings. The van der Waals surface area contributed by atoms with E-state index in [0.717, 1.165) is 0 Å². The fourth-order valence-corrected chi connectivity index (χ4v) is 6.55. The number of phenolic OH excluding ortho intramolecular Hbond substituents is 1. The molecule has 4 heterocycles. The molecule has 0 spiro atoms. The third-order valence-electron chi connectivity index (χ3n) is 9.20.